The van der Waals surface area contributed by atoms with Crippen molar-refractivity contribution in [1.29, 1.82) is 0 Å². The van der Waals surface area contributed by atoms with Crippen LogP contribution in [0.5, 0.6) is 0 Å². The molecule has 1 nitrogen and oxygen atoms in total. The molecule has 18 heavy (non-hydrogen) atoms. The molecule has 2 rings (SSSR count). The zero-order valence-electron chi connectivity index (χ0n) is 10.1. The molecule has 0 spiro atoms. The fourth-order valence-corrected chi connectivity index (χ4v) is 2.79. The minimum atomic E-state index is -0.407. The molecule has 0 fully saturated rings. The summed E-state index contributed by atoms with van der Waals surface area (Å²) in [4.78, 5) is 0. The average molecular weight is 333 g/mol. The van der Waals surface area contributed by atoms with Crippen LogP contribution in [0.25, 0.3) is 0 Å². The van der Waals surface area contributed by atoms with Crippen molar-refractivity contribution in [3.05, 3.63) is 44.7 Å². The van der Waals surface area contributed by atoms with E-state index in [1.807, 2.05) is 0 Å². The summed E-state index contributed by atoms with van der Waals surface area (Å²) in [7, 11) is 0. The summed E-state index contributed by atoms with van der Waals surface area (Å²) in [6.07, 6.45) is 7.61. The molecule has 1 aromatic rings. The second kappa shape index (κ2) is 6.18. The number of halogens is 3. The van der Waals surface area contributed by atoms with Gasteiger partial charge in [0.15, 0.2) is 0 Å². The first-order valence-corrected chi connectivity index (χ1v) is 7.33. The number of hydrogen-bond donors (Lipinski definition) is 1. The van der Waals surface area contributed by atoms with Gasteiger partial charge in [-0.3, -0.25) is 0 Å². The van der Waals surface area contributed by atoms with Gasteiger partial charge in [0.1, 0.15) is 5.82 Å². The lowest BCUT2D eigenvalue weighted by molar-refractivity contribution is 0.567. The minimum Gasteiger partial charge on any atom is -0.324 e. The lowest BCUT2D eigenvalue weighted by Gasteiger charge is -2.18. The molecule has 98 valence electrons. The molecule has 0 heterocycles. The summed E-state index contributed by atoms with van der Waals surface area (Å²) >= 11 is 9.08. The number of rotatable bonds is 3. The molecule has 1 aliphatic carbocycles. The molecule has 1 aliphatic rings. The largest absolute Gasteiger partial charge is 0.324 e. The van der Waals surface area contributed by atoms with E-state index in [9.17, 15) is 4.39 Å². The van der Waals surface area contributed by atoms with E-state index < -0.39 is 5.82 Å². The van der Waals surface area contributed by atoms with Crippen molar-refractivity contribution in [3.8, 4) is 0 Å². The Morgan fingerprint density at radius 2 is 2.17 bits per heavy atom. The molecule has 1 aromatic carbocycles. The van der Waals surface area contributed by atoms with Gasteiger partial charge in [-0.25, -0.2) is 4.39 Å². The van der Waals surface area contributed by atoms with E-state index in [-0.39, 0.29) is 11.1 Å². The van der Waals surface area contributed by atoms with E-state index in [2.05, 4.69) is 22.0 Å². The van der Waals surface area contributed by atoms with Crippen molar-refractivity contribution < 1.29 is 4.39 Å². The lowest BCUT2D eigenvalue weighted by atomic mass is 9.92. The van der Waals surface area contributed by atoms with Gasteiger partial charge in [0.2, 0.25) is 0 Å². The Hall–Kier alpha value is -0.380. The fraction of sp³-hybridized carbons (Fsp3) is 0.429. The first kappa shape index (κ1) is 14.0. The fourth-order valence-electron chi connectivity index (χ4n) is 2.31. The van der Waals surface area contributed by atoms with Crippen LogP contribution in [0.15, 0.2) is 28.3 Å². The normalized spacial score (nSPS) is 17.4. The third-order valence-corrected chi connectivity index (χ3v) is 4.59. The van der Waals surface area contributed by atoms with Crippen molar-refractivity contribution in [2.24, 2.45) is 5.73 Å². The molecule has 0 amide bonds. The Kier molecular flexibility index (Phi) is 4.82. The first-order valence-electron chi connectivity index (χ1n) is 6.16. The molecule has 4 heteroatoms. The van der Waals surface area contributed by atoms with E-state index in [0.29, 0.717) is 10.0 Å². The minimum absolute atomic E-state index is 0.112. The molecule has 1 atom stereocenters. The van der Waals surface area contributed by atoms with Crippen LogP contribution in [0.4, 0.5) is 4.39 Å². The van der Waals surface area contributed by atoms with Crippen LogP contribution in [0.2, 0.25) is 5.02 Å². The first-order chi connectivity index (χ1) is 8.59. The van der Waals surface area contributed by atoms with Crippen molar-refractivity contribution in [3.63, 3.8) is 0 Å². The summed E-state index contributed by atoms with van der Waals surface area (Å²) in [5.74, 6) is -0.407. The van der Waals surface area contributed by atoms with Crippen LogP contribution < -0.4 is 5.73 Å². The molecule has 2 N–H and O–H groups in total. The van der Waals surface area contributed by atoms with Crippen molar-refractivity contribution in [2.45, 2.75) is 38.1 Å². The van der Waals surface area contributed by atoms with Gasteiger partial charge in [-0.15, -0.1) is 0 Å². The predicted molar refractivity (Wildman–Crippen MR) is 77.2 cm³/mol. The lowest BCUT2D eigenvalue weighted by Crippen LogP contribution is -2.14. The molecular weight excluding hydrogens is 317 g/mol. The highest BCUT2D eigenvalue weighted by Gasteiger charge is 2.17. The van der Waals surface area contributed by atoms with E-state index in [4.69, 9.17) is 17.3 Å². The highest BCUT2D eigenvalue weighted by atomic mass is 79.9. The summed E-state index contributed by atoms with van der Waals surface area (Å²) in [5.41, 5.74) is 7.93. The molecule has 0 saturated heterocycles. The van der Waals surface area contributed by atoms with Crippen LogP contribution in [0.1, 0.15) is 43.7 Å². The van der Waals surface area contributed by atoms with Gasteiger partial charge >= 0.3 is 0 Å². The van der Waals surface area contributed by atoms with Crippen LogP contribution in [0.3, 0.4) is 0 Å². The highest BCUT2D eigenvalue weighted by molar-refractivity contribution is 9.10. The maximum absolute atomic E-state index is 14.0. The predicted octanol–water partition coefficient (Wildman–Crippen LogP) is 5.13. The standard InChI is InChI=1S/C14H16BrClFN/c15-11-7-6-10(14(17)13(11)16)12(18)8-9-4-2-1-3-5-9/h4,6-7,12H,1-3,5,8,18H2. The topological polar surface area (TPSA) is 26.0 Å². The van der Waals surface area contributed by atoms with Gasteiger partial charge in [0.05, 0.1) is 5.02 Å². The molecule has 0 aromatic heterocycles. The SMILES string of the molecule is NC(CC1=CCCCC1)c1ccc(Br)c(Cl)c1F. The van der Waals surface area contributed by atoms with Gasteiger partial charge in [0.25, 0.3) is 0 Å². The number of nitrogens with two attached hydrogens (primary N) is 1. The summed E-state index contributed by atoms with van der Waals surface area (Å²) in [6, 6.07) is 3.13. The van der Waals surface area contributed by atoms with Gasteiger partial charge in [0, 0.05) is 16.1 Å². The van der Waals surface area contributed by atoms with E-state index in [1.165, 1.54) is 18.4 Å². The molecule has 1 unspecified atom stereocenters. The van der Waals surface area contributed by atoms with Crippen molar-refractivity contribution in [2.75, 3.05) is 0 Å². The number of benzene rings is 1. The van der Waals surface area contributed by atoms with Gasteiger partial charge < -0.3 is 5.73 Å². The highest BCUT2D eigenvalue weighted by Crippen LogP contribution is 2.33. The zero-order valence-corrected chi connectivity index (χ0v) is 12.4. The Morgan fingerprint density at radius 3 is 2.83 bits per heavy atom. The number of hydrogen-bond acceptors (Lipinski definition) is 1. The van der Waals surface area contributed by atoms with Crippen LogP contribution in [-0.2, 0) is 0 Å². The van der Waals surface area contributed by atoms with E-state index in [0.717, 1.165) is 19.3 Å². The third kappa shape index (κ3) is 3.14. The van der Waals surface area contributed by atoms with Crippen molar-refractivity contribution >= 4 is 27.5 Å². The zero-order chi connectivity index (χ0) is 13.1. The van der Waals surface area contributed by atoms with E-state index >= 15 is 0 Å². The Labute approximate surface area is 120 Å². The monoisotopic (exact) mass is 331 g/mol. The second-order valence-electron chi connectivity index (χ2n) is 4.68. The maximum Gasteiger partial charge on any atom is 0.147 e. The Morgan fingerprint density at radius 1 is 1.39 bits per heavy atom. The molecule has 0 saturated carbocycles. The summed E-state index contributed by atoms with van der Waals surface area (Å²) in [6.45, 7) is 0. The van der Waals surface area contributed by atoms with Crippen LogP contribution in [-0.4, -0.2) is 0 Å². The second-order valence-corrected chi connectivity index (χ2v) is 5.92. The molecule has 0 aliphatic heterocycles. The van der Waals surface area contributed by atoms with Crippen LogP contribution >= 0.6 is 27.5 Å². The van der Waals surface area contributed by atoms with Gasteiger partial charge in [-0.2, -0.15) is 0 Å². The summed E-state index contributed by atoms with van der Waals surface area (Å²) < 4.78 is 14.6. The quantitative estimate of drug-likeness (QED) is 0.602. The van der Waals surface area contributed by atoms with Crippen LogP contribution in [0, 0.1) is 5.82 Å². The molecular formula is C14H16BrClFN. The number of allylic oxidation sites excluding steroid dienone is 1. The Balaban J connectivity index is 2.16. The average Bonchev–Trinajstić information content (AvgIpc) is 2.37. The third-order valence-electron chi connectivity index (χ3n) is 3.33. The van der Waals surface area contributed by atoms with Gasteiger partial charge in [-0.05, 0) is 54.1 Å². The molecule has 0 bridgehead atoms. The maximum atomic E-state index is 14.0. The van der Waals surface area contributed by atoms with Gasteiger partial charge in [-0.1, -0.05) is 29.3 Å². The van der Waals surface area contributed by atoms with E-state index in [1.54, 1.807) is 12.1 Å². The summed E-state index contributed by atoms with van der Waals surface area (Å²) in [5, 5.41) is 0.112. The van der Waals surface area contributed by atoms with Crippen molar-refractivity contribution in [1.82, 2.24) is 0 Å². The smallest absolute Gasteiger partial charge is 0.147 e. The molecule has 0 radical (unpaired) electrons. The Bertz CT molecular complexity index is 473.